The van der Waals surface area contributed by atoms with Gasteiger partial charge in [0.2, 0.25) is 6.36 Å². The maximum Gasteiger partial charge on any atom is 0.311 e. The molecular weight excluding hydrogens is 447 g/mol. The fraction of sp³-hybridized carbons (Fsp3) is 0.640. The molecule has 0 N–H and O–H groups in total. The molecule has 1 fully saturated rings. The van der Waals surface area contributed by atoms with E-state index in [-0.39, 0.29) is 20.4 Å². The van der Waals surface area contributed by atoms with Crippen LogP contribution in [0.5, 0.6) is 0 Å². The number of benzene rings is 1. The molecule has 0 bridgehead atoms. The van der Waals surface area contributed by atoms with Gasteiger partial charge in [0.05, 0.1) is 17.4 Å². The van der Waals surface area contributed by atoms with Gasteiger partial charge >= 0.3 is 17.9 Å². The van der Waals surface area contributed by atoms with Crippen molar-refractivity contribution < 1.29 is 45.2 Å². The van der Waals surface area contributed by atoms with Gasteiger partial charge in [-0.15, -0.1) is 0 Å². The zero-order chi connectivity index (χ0) is 27.1. The zero-order valence-corrected chi connectivity index (χ0v) is 20.2. The van der Waals surface area contributed by atoms with E-state index in [9.17, 15) is 14.4 Å². The van der Waals surface area contributed by atoms with Crippen LogP contribution in [0.2, 0.25) is 0 Å². The Hall–Kier alpha value is -2.52. The number of carbonyl (C=O) groups is 3. The van der Waals surface area contributed by atoms with Gasteiger partial charge in [0.25, 0.3) is 0 Å². The first-order chi connectivity index (χ1) is 16.8. The largest absolute Gasteiger partial charge is 0.462 e. The molecule has 190 valence electrons. The van der Waals surface area contributed by atoms with Crippen LogP contribution in [0.3, 0.4) is 0 Å². The number of ether oxygens (including phenoxy) is 5. The Balaban J connectivity index is 2.35. The number of hydrogen-bond donors (Lipinski definition) is 0. The number of carbonyl (C=O) groups excluding carboxylic acids is 3. The van der Waals surface area contributed by atoms with Gasteiger partial charge < -0.3 is 23.7 Å². The molecule has 1 aliphatic rings. The van der Waals surface area contributed by atoms with E-state index in [1.165, 1.54) is 27.7 Å². The summed E-state index contributed by atoms with van der Waals surface area (Å²) in [6.07, 6.45) is -7.68. The van der Waals surface area contributed by atoms with Crippen LogP contribution >= 0.6 is 0 Å². The molecule has 0 aromatic heterocycles. The lowest BCUT2D eigenvalue weighted by atomic mass is 9.95. The van der Waals surface area contributed by atoms with E-state index < -0.39 is 66.1 Å². The third-order valence-electron chi connectivity index (χ3n) is 4.89. The molecule has 0 radical (unpaired) electrons. The summed E-state index contributed by atoms with van der Waals surface area (Å²) in [4.78, 5) is 37.0. The molecule has 0 aliphatic carbocycles. The van der Waals surface area contributed by atoms with Crippen LogP contribution in [0, 0.1) is 10.8 Å². The second-order valence-corrected chi connectivity index (χ2v) is 9.60. The second kappa shape index (κ2) is 11.3. The van der Waals surface area contributed by atoms with E-state index in [0.29, 0.717) is 0 Å². The maximum absolute atomic E-state index is 15.3. The van der Waals surface area contributed by atoms with Crippen molar-refractivity contribution in [3.8, 4) is 0 Å². The summed E-state index contributed by atoms with van der Waals surface area (Å²) in [5, 5.41) is 0. The quantitative estimate of drug-likeness (QED) is 0.426. The third kappa shape index (κ3) is 7.77. The average molecular weight is 485 g/mol. The van der Waals surface area contributed by atoms with E-state index in [2.05, 4.69) is 0 Å². The number of rotatable bonds is 7. The molecule has 1 aromatic rings. The van der Waals surface area contributed by atoms with Gasteiger partial charge in [-0.2, -0.15) is 0 Å². The Morgan fingerprint density at radius 1 is 0.971 bits per heavy atom. The van der Waals surface area contributed by atoms with Crippen LogP contribution in [-0.2, 0) is 44.7 Å². The summed E-state index contributed by atoms with van der Waals surface area (Å²) in [5.74, 6) is -2.27. The van der Waals surface area contributed by atoms with Crippen LogP contribution in [0.4, 0.5) is 4.39 Å². The molecule has 5 atom stereocenters. The summed E-state index contributed by atoms with van der Waals surface area (Å²) < 4.78 is 57.8. The lowest BCUT2D eigenvalue weighted by molar-refractivity contribution is -0.285. The Morgan fingerprint density at radius 3 is 2.18 bits per heavy atom. The van der Waals surface area contributed by atoms with Crippen LogP contribution < -0.4 is 0 Å². The van der Waals surface area contributed by atoms with Crippen molar-refractivity contribution >= 4 is 17.9 Å². The van der Waals surface area contributed by atoms with Gasteiger partial charge in [-0.25, -0.2) is 4.39 Å². The molecular formula is C25H35FO8. The SMILES string of the molecule is [2H]CC(C)(C)C(=O)OC[C@H]1OC(F)[C@H](OC(=O)C(C)(C)C[2H])[C@@H](OCc2ccccc2)[C@@H]1OC(C)=O. The lowest BCUT2D eigenvalue weighted by Gasteiger charge is -2.43. The normalized spacial score (nSPS) is 26.1. The molecule has 8 nitrogen and oxygen atoms in total. The molecule has 1 aliphatic heterocycles. The first kappa shape index (κ1) is 24.6. The molecule has 9 heteroatoms. The predicted molar refractivity (Wildman–Crippen MR) is 120 cm³/mol. The van der Waals surface area contributed by atoms with Crippen molar-refractivity contribution in [3.05, 3.63) is 35.9 Å². The molecule has 2 rings (SSSR count). The highest BCUT2D eigenvalue weighted by Gasteiger charge is 2.52. The van der Waals surface area contributed by atoms with Crippen molar-refractivity contribution in [2.45, 2.75) is 85.8 Å². The third-order valence-corrected chi connectivity index (χ3v) is 4.89. The van der Waals surface area contributed by atoms with Gasteiger partial charge in [-0.3, -0.25) is 14.4 Å². The van der Waals surface area contributed by atoms with E-state index in [1.54, 1.807) is 24.3 Å². The average Bonchev–Trinajstić information content (AvgIpc) is 2.84. The second-order valence-electron chi connectivity index (χ2n) is 9.60. The monoisotopic (exact) mass is 484 g/mol. The fourth-order valence-electron chi connectivity index (χ4n) is 3.05. The van der Waals surface area contributed by atoms with E-state index in [0.717, 1.165) is 12.5 Å². The van der Waals surface area contributed by atoms with Crippen molar-refractivity contribution in [1.82, 2.24) is 0 Å². The summed E-state index contributed by atoms with van der Waals surface area (Å²) in [5.41, 5.74) is -1.60. The number of alkyl halides is 1. The van der Waals surface area contributed by atoms with Crippen molar-refractivity contribution in [1.29, 1.82) is 0 Å². The van der Waals surface area contributed by atoms with Crippen molar-refractivity contribution in [2.75, 3.05) is 6.61 Å². The number of esters is 3. The van der Waals surface area contributed by atoms with Crippen LogP contribution in [0.15, 0.2) is 30.3 Å². The highest BCUT2D eigenvalue weighted by Crippen LogP contribution is 2.32. The minimum Gasteiger partial charge on any atom is -0.462 e. The molecule has 0 saturated carbocycles. The van der Waals surface area contributed by atoms with E-state index in [4.69, 9.17) is 26.4 Å². The summed E-state index contributed by atoms with van der Waals surface area (Å²) in [6, 6.07) is 8.94. The Kier molecular flexibility index (Phi) is 8.15. The Labute approximate surface area is 202 Å². The van der Waals surface area contributed by atoms with Gasteiger partial charge in [0.1, 0.15) is 18.8 Å². The molecule has 1 saturated heterocycles. The smallest absolute Gasteiger partial charge is 0.311 e. The standard InChI is InChI=1S/C25H35FO8/c1-15(27)32-18-17(14-31-22(28)24(2,3)4)33-21(26)20(34-23(29)25(5,6)7)19(18)30-13-16-11-9-8-10-12-16/h8-12,17-21H,13-14H2,1-7H3/t17-,18-,19+,20-,21?/m1/s1/i2D,5D. The van der Waals surface area contributed by atoms with Crippen molar-refractivity contribution in [3.63, 3.8) is 0 Å². The molecule has 0 spiro atoms. The number of halogens is 1. The van der Waals surface area contributed by atoms with E-state index >= 15 is 4.39 Å². The molecule has 34 heavy (non-hydrogen) atoms. The molecule has 1 aromatic carbocycles. The first-order valence-electron chi connectivity index (χ1n) is 12.3. The Bertz CT molecular complexity index is 895. The van der Waals surface area contributed by atoms with Crippen LogP contribution in [-0.4, -0.2) is 55.3 Å². The van der Waals surface area contributed by atoms with Crippen LogP contribution in [0.1, 0.15) is 56.7 Å². The molecule has 0 amide bonds. The lowest BCUT2D eigenvalue weighted by Crippen LogP contribution is -2.61. The van der Waals surface area contributed by atoms with E-state index in [1.807, 2.05) is 6.07 Å². The van der Waals surface area contributed by atoms with Gasteiger partial charge in [0.15, 0.2) is 12.2 Å². The Morgan fingerprint density at radius 2 is 1.59 bits per heavy atom. The topological polar surface area (TPSA) is 97.4 Å². The summed E-state index contributed by atoms with van der Waals surface area (Å²) in [6.45, 7) is 6.13. The van der Waals surface area contributed by atoms with Gasteiger partial charge in [-0.05, 0) is 47.1 Å². The molecule has 1 unspecified atom stereocenters. The first-order valence-corrected chi connectivity index (χ1v) is 10.9. The highest BCUT2D eigenvalue weighted by atomic mass is 19.1. The predicted octanol–water partition coefficient (Wildman–Crippen LogP) is 3.75. The van der Waals surface area contributed by atoms with Crippen molar-refractivity contribution in [2.24, 2.45) is 10.8 Å². The van der Waals surface area contributed by atoms with Gasteiger partial charge in [-0.1, -0.05) is 30.3 Å². The highest BCUT2D eigenvalue weighted by molar-refractivity contribution is 5.76. The number of hydrogen-bond acceptors (Lipinski definition) is 8. The van der Waals surface area contributed by atoms with Gasteiger partial charge in [0, 0.05) is 9.67 Å². The molecule has 1 heterocycles. The summed E-state index contributed by atoms with van der Waals surface area (Å²) >= 11 is 0. The van der Waals surface area contributed by atoms with Crippen LogP contribution in [0.25, 0.3) is 0 Å². The minimum atomic E-state index is -2.20. The minimum absolute atomic E-state index is 0.0236. The maximum atomic E-state index is 15.3. The fourth-order valence-corrected chi connectivity index (χ4v) is 3.05. The zero-order valence-electron chi connectivity index (χ0n) is 22.2. The summed E-state index contributed by atoms with van der Waals surface area (Å²) in [7, 11) is 0.